The Morgan fingerprint density at radius 3 is 2.57 bits per heavy atom. The highest BCUT2D eigenvalue weighted by molar-refractivity contribution is 7.91. The van der Waals surface area contributed by atoms with E-state index in [9.17, 15) is 13.2 Å². The van der Waals surface area contributed by atoms with Gasteiger partial charge in [-0.25, -0.2) is 23.4 Å². The van der Waals surface area contributed by atoms with Crippen molar-refractivity contribution in [3.63, 3.8) is 0 Å². The summed E-state index contributed by atoms with van der Waals surface area (Å²) in [6.45, 7) is 8.70. The third kappa shape index (κ3) is 5.45. The number of aromatic amines is 1. The number of carbonyl (C=O) groups excluding carboxylic acids is 1. The number of amides is 1. The van der Waals surface area contributed by atoms with Gasteiger partial charge in [-0.1, -0.05) is 32.9 Å². The van der Waals surface area contributed by atoms with Gasteiger partial charge < -0.3 is 10.3 Å². The zero-order chi connectivity index (χ0) is 26.4. The molecular weight excluding hydrogens is 506 g/mol. The summed E-state index contributed by atoms with van der Waals surface area (Å²) in [6, 6.07) is 8.11. The largest absolute Gasteiger partial charge is 0.355 e. The van der Waals surface area contributed by atoms with E-state index in [1.165, 1.54) is 11.3 Å². The average Bonchev–Trinajstić information content (AvgIpc) is 3.51. The van der Waals surface area contributed by atoms with Gasteiger partial charge in [0.15, 0.2) is 0 Å². The Morgan fingerprint density at radius 2 is 1.89 bits per heavy atom. The van der Waals surface area contributed by atoms with Crippen molar-refractivity contribution in [2.45, 2.75) is 58.4 Å². The minimum Gasteiger partial charge on any atom is -0.355 e. The van der Waals surface area contributed by atoms with Crippen LogP contribution in [0, 0.1) is 6.92 Å². The van der Waals surface area contributed by atoms with Gasteiger partial charge in [0.05, 0.1) is 39.4 Å². The van der Waals surface area contributed by atoms with E-state index in [0.717, 1.165) is 44.1 Å². The highest BCUT2D eigenvalue weighted by Crippen LogP contribution is 2.33. The number of aromatic nitrogens is 4. The number of rotatable bonds is 5. The van der Waals surface area contributed by atoms with Crippen LogP contribution in [0.15, 0.2) is 36.8 Å². The van der Waals surface area contributed by atoms with E-state index in [1.807, 2.05) is 25.1 Å². The summed E-state index contributed by atoms with van der Waals surface area (Å²) in [5.74, 6) is 0.507. The lowest BCUT2D eigenvalue weighted by Crippen LogP contribution is -2.22. The second-order valence-electron chi connectivity index (χ2n) is 10.7. The lowest BCUT2D eigenvalue weighted by Gasteiger charge is -2.20. The maximum absolute atomic E-state index is 12.7. The van der Waals surface area contributed by atoms with Gasteiger partial charge in [-0.05, 0) is 43.0 Å². The number of hydrogen-bond acceptors (Lipinski definition) is 7. The van der Waals surface area contributed by atoms with Crippen LogP contribution in [0.25, 0.3) is 22.3 Å². The van der Waals surface area contributed by atoms with Gasteiger partial charge in [0.1, 0.15) is 21.0 Å². The molecule has 2 N–H and O–H groups in total. The predicted molar refractivity (Wildman–Crippen MR) is 147 cm³/mol. The van der Waals surface area contributed by atoms with E-state index in [0.29, 0.717) is 24.3 Å². The molecule has 0 saturated carbocycles. The number of fused-ring (bicyclic) bond motifs is 1. The molecule has 1 aromatic carbocycles. The molecule has 5 rings (SSSR count). The smallest absolute Gasteiger partial charge is 0.263 e. The molecule has 4 aromatic rings. The minimum atomic E-state index is -2.92. The fourth-order valence-electron chi connectivity index (χ4n) is 4.63. The summed E-state index contributed by atoms with van der Waals surface area (Å²) < 4.78 is 23.7. The first-order valence-electron chi connectivity index (χ1n) is 12.4. The molecule has 1 fully saturated rings. The topological polar surface area (TPSA) is 118 Å². The molecule has 0 radical (unpaired) electrons. The van der Waals surface area contributed by atoms with Crippen molar-refractivity contribution < 1.29 is 13.2 Å². The standard InChI is InChI=1S/C27H31N5O3S2/c1-16-11-18(5-6-19(16)13-28-25(33)22-14-29-26(36-22)27(2,3)4)23-24-21(30-15-31-23)12-20(32-24)17-7-9-37(34,35)10-8-17/h5-6,11-12,14-15,17,32H,7-10,13H2,1-4H3,(H,28,33). The molecule has 0 atom stereocenters. The van der Waals surface area contributed by atoms with E-state index >= 15 is 0 Å². The molecule has 4 heterocycles. The first-order valence-corrected chi connectivity index (χ1v) is 15.0. The molecule has 194 valence electrons. The fourth-order valence-corrected chi connectivity index (χ4v) is 7.01. The molecule has 10 heteroatoms. The highest BCUT2D eigenvalue weighted by atomic mass is 32.2. The first kappa shape index (κ1) is 25.5. The van der Waals surface area contributed by atoms with Gasteiger partial charge in [0.2, 0.25) is 0 Å². The second kappa shape index (κ2) is 9.64. The Morgan fingerprint density at radius 1 is 1.14 bits per heavy atom. The number of benzene rings is 1. The summed E-state index contributed by atoms with van der Waals surface area (Å²) in [5.41, 5.74) is 6.44. The van der Waals surface area contributed by atoms with Crippen LogP contribution in [0.5, 0.6) is 0 Å². The van der Waals surface area contributed by atoms with Crippen LogP contribution < -0.4 is 5.32 Å². The van der Waals surface area contributed by atoms with E-state index in [4.69, 9.17) is 0 Å². The molecule has 0 bridgehead atoms. The summed E-state index contributed by atoms with van der Waals surface area (Å²) in [5, 5.41) is 3.95. The number of nitrogens with zero attached hydrogens (tertiary/aromatic N) is 3. The molecule has 1 aliphatic heterocycles. The van der Waals surface area contributed by atoms with Crippen molar-refractivity contribution in [2.75, 3.05) is 11.5 Å². The van der Waals surface area contributed by atoms with Gasteiger partial charge in [-0.3, -0.25) is 4.79 Å². The van der Waals surface area contributed by atoms with E-state index in [-0.39, 0.29) is 28.7 Å². The summed E-state index contributed by atoms with van der Waals surface area (Å²) in [6.07, 6.45) is 4.45. The lowest BCUT2D eigenvalue weighted by molar-refractivity contribution is 0.0954. The third-order valence-electron chi connectivity index (χ3n) is 6.86. The molecule has 1 amide bonds. The number of carbonyl (C=O) groups is 1. The van der Waals surface area contributed by atoms with Crippen molar-refractivity contribution in [1.82, 2.24) is 25.3 Å². The predicted octanol–water partition coefficient (Wildman–Crippen LogP) is 4.91. The molecule has 3 aromatic heterocycles. The number of sulfone groups is 1. The monoisotopic (exact) mass is 537 g/mol. The van der Waals surface area contributed by atoms with Gasteiger partial charge >= 0.3 is 0 Å². The van der Waals surface area contributed by atoms with Crippen LogP contribution in [-0.4, -0.2) is 45.8 Å². The maximum atomic E-state index is 12.7. The Kier molecular flexibility index (Phi) is 6.66. The molecule has 1 saturated heterocycles. The lowest BCUT2D eigenvalue weighted by atomic mass is 9.98. The van der Waals surface area contributed by atoms with Gasteiger partial charge in [-0.2, -0.15) is 0 Å². The second-order valence-corrected chi connectivity index (χ2v) is 14.1. The zero-order valence-corrected chi connectivity index (χ0v) is 23.1. The Balaban J connectivity index is 1.33. The van der Waals surface area contributed by atoms with Crippen LogP contribution in [0.3, 0.4) is 0 Å². The molecule has 0 unspecified atom stereocenters. The summed E-state index contributed by atoms with van der Waals surface area (Å²) in [7, 11) is -2.92. The van der Waals surface area contributed by atoms with Crippen LogP contribution in [0.4, 0.5) is 0 Å². The Bertz CT molecular complexity index is 1570. The van der Waals surface area contributed by atoms with Crippen LogP contribution in [0.1, 0.15) is 71.0 Å². The minimum absolute atomic E-state index is 0.0843. The van der Waals surface area contributed by atoms with Gasteiger partial charge in [0, 0.05) is 29.1 Å². The number of hydrogen-bond donors (Lipinski definition) is 2. The van der Waals surface area contributed by atoms with Crippen molar-refractivity contribution in [2.24, 2.45) is 0 Å². The van der Waals surface area contributed by atoms with Crippen LogP contribution in [0.2, 0.25) is 0 Å². The normalized spacial score (nSPS) is 16.2. The summed E-state index contributed by atoms with van der Waals surface area (Å²) >= 11 is 1.43. The van der Waals surface area contributed by atoms with E-state index in [1.54, 1.807) is 12.5 Å². The van der Waals surface area contributed by atoms with Gasteiger partial charge in [-0.15, -0.1) is 11.3 Å². The number of aryl methyl sites for hydroxylation is 1. The Labute approximate surface area is 220 Å². The average molecular weight is 538 g/mol. The van der Waals surface area contributed by atoms with Crippen molar-refractivity contribution in [3.05, 3.63) is 63.5 Å². The van der Waals surface area contributed by atoms with Crippen molar-refractivity contribution in [1.29, 1.82) is 0 Å². The fraction of sp³-hybridized carbons (Fsp3) is 0.407. The maximum Gasteiger partial charge on any atom is 0.263 e. The molecular formula is C27H31N5O3S2. The van der Waals surface area contributed by atoms with Crippen molar-refractivity contribution >= 4 is 38.1 Å². The summed E-state index contributed by atoms with van der Waals surface area (Å²) in [4.78, 5) is 30.2. The number of nitrogens with one attached hydrogen (secondary N) is 2. The van der Waals surface area contributed by atoms with Gasteiger partial charge in [0.25, 0.3) is 5.91 Å². The Hall–Kier alpha value is -3.11. The molecule has 0 spiro atoms. The first-order chi connectivity index (χ1) is 17.5. The molecule has 0 aliphatic carbocycles. The molecule has 1 aliphatic rings. The molecule has 8 nitrogen and oxygen atoms in total. The van der Waals surface area contributed by atoms with Crippen molar-refractivity contribution in [3.8, 4) is 11.3 Å². The third-order valence-corrected chi connectivity index (χ3v) is 10.00. The highest BCUT2D eigenvalue weighted by Gasteiger charge is 2.26. The zero-order valence-electron chi connectivity index (χ0n) is 21.5. The van der Waals surface area contributed by atoms with E-state index < -0.39 is 9.84 Å². The van der Waals surface area contributed by atoms with Crippen LogP contribution in [-0.2, 0) is 21.8 Å². The number of H-pyrrole nitrogens is 1. The van der Waals surface area contributed by atoms with E-state index in [2.05, 4.69) is 52.1 Å². The number of thiazole rings is 1. The van der Waals surface area contributed by atoms with Crippen LogP contribution >= 0.6 is 11.3 Å². The molecule has 37 heavy (non-hydrogen) atoms. The SMILES string of the molecule is Cc1cc(-c2ncnc3cc(C4CCS(=O)(=O)CC4)[nH]c23)ccc1CNC(=O)c1cnc(C(C)(C)C)s1. The quantitative estimate of drug-likeness (QED) is 0.374.